The number of hydrogen-bond donors (Lipinski definition) is 1. The van der Waals surface area contributed by atoms with Crippen molar-refractivity contribution in [2.75, 3.05) is 6.61 Å². The summed E-state index contributed by atoms with van der Waals surface area (Å²) in [7, 11) is 0. The summed E-state index contributed by atoms with van der Waals surface area (Å²) in [5.41, 5.74) is 0. The third-order valence-corrected chi connectivity index (χ3v) is 0.695. The molecular formula is C5H12O. The predicted octanol–water partition coefficient (Wildman–Crippen LogP) is 1.02. The molecule has 0 spiro atoms. The number of rotatable bonds is 3. The van der Waals surface area contributed by atoms with Crippen molar-refractivity contribution in [2.45, 2.75) is 20.3 Å². The first-order valence-corrected chi connectivity index (χ1v) is 2.35. The molecule has 0 aromatic heterocycles. The smallest absolute Gasteiger partial charge is 0.210 e. The largest absolute Gasteiger partial charge is 0.396 e. The Morgan fingerprint density at radius 2 is 2.50 bits per heavy atom. The molecule has 0 aliphatic carbocycles. The third-order valence-electron chi connectivity index (χ3n) is 0.695. The zero-order chi connectivity index (χ0) is 5.70. The molecule has 0 heterocycles. The molecule has 0 aliphatic heterocycles. The zero-order valence-corrected chi connectivity index (χ0v) is 4.40. The third kappa shape index (κ3) is 3.96. The van der Waals surface area contributed by atoms with Crippen LogP contribution in [0, 0.1) is 5.92 Å². The fourth-order valence-electron chi connectivity index (χ4n) is 0.236. The first-order valence-electron chi connectivity index (χ1n) is 2.76. The summed E-state index contributed by atoms with van der Waals surface area (Å²) in [6.07, 6.45) is 0.990. The number of aliphatic hydroxyl groups excluding tert-OH is 1. The van der Waals surface area contributed by atoms with Gasteiger partial charge in [0, 0.05) is 6.61 Å². The lowest BCUT2D eigenvalue weighted by Crippen LogP contribution is -1.89. The van der Waals surface area contributed by atoms with Crippen molar-refractivity contribution in [1.29, 1.82) is 1.43 Å². The van der Waals surface area contributed by atoms with Crippen LogP contribution in [0.5, 0.6) is 0 Å². The fraction of sp³-hybridized carbons (Fsp3) is 1.00. The molecule has 0 unspecified atom stereocenters. The molecule has 0 amide bonds. The van der Waals surface area contributed by atoms with E-state index in [0.717, 1.165) is 6.42 Å². The maximum absolute atomic E-state index is 6.30. The maximum Gasteiger partial charge on any atom is 0.210 e. The summed E-state index contributed by atoms with van der Waals surface area (Å²) in [5, 5.41) is 4.10. The van der Waals surface area contributed by atoms with E-state index in [0.29, 0.717) is 12.5 Å². The van der Waals surface area contributed by atoms with Crippen molar-refractivity contribution in [1.82, 2.24) is 0 Å². The molecule has 6 heavy (non-hydrogen) atoms. The van der Waals surface area contributed by atoms with Crippen LogP contribution >= 0.6 is 0 Å². The Morgan fingerprint density at radius 3 is 2.67 bits per heavy atom. The Balaban J connectivity index is 2.68. The average Bonchev–Trinajstić information content (AvgIpc) is 1.61. The van der Waals surface area contributed by atoms with Crippen LogP contribution in [0.25, 0.3) is 0 Å². The van der Waals surface area contributed by atoms with Gasteiger partial charge in [0.25, 0.3) is 0 Å². The van der Waals surface area contributed by atoms with Crippen molar-refractivity contribution >= 4 is 0 Å². The minimum Gasteiger partial charge on any atom is -0.396 e. The van der Waals surface area contributed by atoms with Crippen LogP contribution in [0.2, 0.25) is 0 Å². The summed E-state index contributed by atoms with van der Waals surface area (Å²) in [6, 6.07) is 0. The van der Waals surface area contributed by atoms with E-state index in [4.69, 9.17) is 1.43 Å². The summed E-state index contributed by atoms with van der Waals surface area (Å²) >= 11 is 0. The summed E-state index contributed by atoms with van der Waals surface area (Å²) in [4.78, 5) is 0. The Morgan fingerprint density at radius 1 is 1.83 bits per heavy atom. The van der Waals surface area contributed by atoms with Crippen LogP contribution in [-0.4, -0.2) is 13.1 Å². The minimum atomic E-state index is 0.567. The summed E-state index contributed by atoms with van der Waals surface area (Å²) < 4.78 is 6.30. The van der Waals surface area contributed by atoms with E-state index in [-0.39, 0.29) is 0 Å². The average molecular weight is 90.2 g/mol. The molecule has 0 aliphatic rings. The van der Waals surface area contributed by atoms with E-state index in [1.54, 1.807) is 0 Å². The lowest BCUT2D eigenvalue weighted by Gasteiger charge is -1.95. The quantitative estimate of drug-likeness (QED) is 0.548. The van der Waals surface area contributed by atoms with E-state index in [1.807, 2.05) is 0 Å². The monoisotopic (exact) mass is 90.1 g/mol. The highest BCUT2D eigenvalue weighted by Gasteiger charge is 1.86. The highest BCUT2D eigenvalue weighted by Crippen LogP contribution is 1.94. The van der Waals surface area contributed by atoms with Crippen molar-refractivity contribution in [3.05, 3.63) is 0 Å². The fourth-order valence-corrected chi connectivity index (χ4v) is 0.236. The maximum atomic E-state index is 6.30. The van der Waals surface area contributed by atoms with Gasteiger partial charge in [-0.3, -0.25) is 0 Å². The first kappa shape index (κ1) is 4.13. The van der Waals surface area contributed by atoms with Gasteiger partial charge in [0.05, 0.1) is 0 Å². The minimum absolute atomic E-state index is 0.567. The van der Waals surface area contributed by atoms with Gasteiger partial charge in [0.1, 0.15) is 0 Å². The van der Waals surface area contributed by atoms with Crippen LogP contribution < -0.4 is 0 Å². The van der Waals surface area contributed by atoms with Gasteiger partial charge < -0.3 is 5.11 Å². The lowest BCUT2D eigenvalue weighted by molar-refractivity contribution is 0.268. The van der Waals surface area contributed by atoms with E-state index < -0.39 is 0 Å². The van der Waals surface area contributed by atoms with E-state index in [1.165, 1.54) is 0 Å². The second-order valence-electron chi connectivity index (χ2n) is 1.89. The highest BCUT2D eigenvalue weighted by atomic mass is 16.2. The molecule has 0 aromatic rings. The van der Waals surface area contributed by atoms with Crippen molar-refractivity contribution < 1.29 is 5.11 Å². The van der Waals surface area contributed by atoms with Gasteiger partial charge >= 0.3 is 0 Å². The lowest BCUT2D eigenvalue weighted by atomic mass is 10.2. The normalized spacial score (nSPS) is 12.2. The predicted molar refractivity (Wildman–Crippen MR) is 26.5 cm³/mol. The van der Waals surface area contributed by atoms with Gasteiger partial charge in [-0.15, -0.1) is 0 Å². The number of hydrogen-bond acceptors (Lipinski definition) is 1. The van der Waals surface area contributed by atoms with E-state index >= 15 is 0 Å². The SMILES string of the molecule is [3H]OCCC(C)C. The van der Waals surface area contributed by atoms with Crippen LogP contribution in [0.1, 0.15) is 20.3 Å². The Labute approximate surface area is 40.5 Å². The summed E-state index contributed by atoms with van der Waals surface area (Å²) in [6.45, 7) is 4.79. The van der Waals surface area contributed by atoms with Gasteiger partial charge in [-0.25, -0.2) is 0 Å². The topological polar surface area (TPSA) is 20.2 Å². The second-order valence-corrected chi connectivity index (χ2v) is 1.89. The van der Waals surface area contributed by atoms with Crippen molar-refractivity contribution in [2.24, 2.45) is 5.92 Å². The van der Waals surface area contributed by atoms with Gasteiger partial charge in [0.15, 0.2) is 0 Å². The van der Waals surface area contributed by atoms with Crippen LogP contribution in [0.15, 0.2) is 0 Å². The van der Waals surface area contributed by atoms with Crippen LogP contribution in [-0.2, 0) is 0 Å². The standard InChI is InChI=1S/C5H12O/c1-5(2)3-4-6/h5-6H,3-4H2,1-2H3/i6T. The van der Waals surface area contributed by atoms with Crippen LogP contribution in [0.3, 0.4) is 0 Å². The molecule has 38 valence electrons. The first-order chi connectivity index (χ1) is 3.27. The molecule has 1 heteroatoms. The molecule has 0 bridgehead atoms. The molecule has 0 rings (SSSR count). The number of aliphatic hydroxyl groups is 1. The van der Waals surface area contributed by atoms with Crippen LogP contribution in [0.4, 0.5) is 0 Å². The van der Waals surface area contributed by atoms with Gasteiger partial charge in [-0.1, -0.05) is 13.8 Å². The highest BCUT2D eigenvalue weighted by molar-refractivity contribution is 4.38. The van der Waals surface area contributed by atoms with E-state index in [9.17, 15) is 0 Å². The second kappa shape index (κ2) is 3.16. The van der Waals surface area contributed by atoms with Gasteiger partial charge in [-0.05, 0) is 12.3 Å². The molecule has 0 aromatic carbocycles. The van der Waals surface area contributed by atoms with Crippen molar-refractivity contribution in [3.63, 3.8) is 0 Å². The zero-order valence-electron chi connectivity index (χ0n) is 5.40. The Bertz CT molecular complexity index is 37.1. The molecule has 0 radical (unpaired) electrons. The molecule has 1 N–H and O–H groups in total. The van der Waals surface area contributed by atoms with E-state index in [2.05, 4.69) is 19.0 Å². The van der Waals surface area contributed by atoms with Gasteiger partial charge in [-0.2, -0.15) is 0 Å². The molecule has 0 saturated carbocycles. The van der Waals surface area contributed by atoms with Crippen molar-refractivity contribution in [3.8, 4) is 0 Å². The van der Waals surface area contributed by atoms with Gasteiger partial charge in [0.2, 0.25) is 1.43 Å². The Hall–Kier alpha value is -0.0400. The molecule has 0 atom stereocenters. The molecule has 1 nitrogen and oxygen atoms in total. The summed E-state index contributed by atoms with van der Waals surface area (Å²) in [5.74, 6) is 0.658. The molecular weight excluding hydrogens is 76.1 g/mol. The molecule has 0 saturated heterocycles. The molecule has 0 fully saturated rings. The Kier molecular flexibility index (Phi) is 2.18.